The van der Waals surface area contributed by atoms with Crippen molar-refractivity contribution in [3.8, 4) is 22.5 Å². The molecular weight excluding hydrogens is 472 g/mol. The van der Waals surface area contributed by atoms with Crippen molar-refractivity contribution in [1.82, 2.24) is 30.0 Å². The van der Waals surface area contributed by atoms with E-state index < -0.39 is 0 Å². The number of likely N-dealkylation sites (N-methyl/N-ethyl adjacent to an activating group) is 1. The molecule has 1 atom stereocenters. The lowest BCUT2D eigenvalue weighted by molar-refractivity contribution is 0.313. The number of nitrogens with zero attached hydrogens (tertiary/aromatic N) is 5. The van der Waals surface area contributed by atoms with Crippen LogP contribution in [0.5, 0.6) is 0 Å². The highest BCUT2D eigenvalue weighted by Gasteiger charge is 2.21. The second-order valence-corrected chi connectivity index (χ2v) is 11.6. The van der Waals surface area contributed by atoms with Gasteiger partial charge in [0.25, 0.3) is 0 Å². The van der Waals surface area contributed by atoms with Crippen LogP contribution >= 0.6 is 0 Å². The first-order chi connectivity index (χ1) is 18.3. The van der Waals surface area contributed by atoms with Gasteiger partial charge in [0, 0.05) is 61.0 Å². The number of pyridine rings is 2. The van der Waals surface area contributed by atoms with Gasteiger partial charge in [-0.3, -0.25) is 15.1 Å². The van der Waals surface area contributed by atoms with Gasteiger partial charge in [-0.1, -0.05) is 26.8 Å². The highest BCUT2D eigenvalue weighted by atomic mass is 15.3. The summed E-state index contributed by atoms with van der Waals surface area (Å²) in [7, 11) is 2.18. The fourth-order valence-electron chi connectivity index (χ4n) is 5.01. The van der Waals surface area contributed by atoms with Crippen LogP contribution in [0.1, 0.15) is 27.7 Å². The van der Waals surface area contributed by atoms with Gasteiger partial charge in [0.15, 0.2) is 0 Å². The van der Waals surface area contributed by atoms with Crippen LogP contribution < -0.4 is 10.2 Å². The summed E-state index contributed by atoms with van der Waals surface area (Å²) in [5, 5.41) is 13.8. The highest BCUT2D eigenvalue weighted by molar-refractivity contribution is 6.00. The van der Waals surface area contributed by atoms with E-state index in [0.717, 1.165) is 70.8 Å². The molecular formula is C30H36N8. The largest absolute Gasteiger partial charge is 0.381 e. The summed E-state index contributed by atoms with van der Waals surface area (Å²) < 4.78 is 0. The van der Waals surface area contributed by atoms with Crippen LogP contribution in [0, 0.1) is 5.41 Å². The number of benzene rings is 1. The predicted molar refractivity (Wildman–Crippen MR) is 157 cm³/mol. The molecule has 3 N–H and O–H groups in total. The van der Waals surface area contributed by atoms with Crippen molar-refractivity contribution in [3.05, 3.63) is 55.1 Å². The third-order valence-corrected chi connectivity index (χ3v) is 7.94. The average molecular weight is 509 g/mol. The minimum atomic E-state index is 0.153. The van der Waals surface area contributed by atoms with Gasteiger partial charge >= 0.3 is 0 Å². The number of rotatable bonds is 5. The molecule has 0 amide bonds. The standard InChI is InChI=1S/C30H36N8/c1-19(30(2,3)4)33-22-12-21(15-31-16-22)20-6-7-25-24(13-20)29(36-35-25)26-14-23-27(34-26)17-32-18-28(23)38-10-8-37(5)9-11-38/h6-7,12-19,33-34H,8-11H2,1-5H3,(H,35,36). The number of aromatic amines is 2. The molecule has 1 unspecified atom stereocenters. The van der Waals surface area contributed by atoms with Crippen molar-refractivity contribution in [3.63, 3.8) is 0 Å². The first kappa shape index (κ1) is 24.4. The van der Waals surface area contributed by atoms with Crippen LogP contribution in [-0.2, 0) is 0 Å². The first-order valence-corrected chi connectivity index (χ1v) is 13.4. The zero-order valence-corrected chi connectivity index (χ0v) is 22.8. The lowest BCUT2D eigenvalue weighted by atomic mass is 9.88. The van der Waals surface area contributed by atoms with Crippen molar-refractivity contribution >= 4 is 33.2 Å². The first-order valence-electron chi connectivity index (χ1n) is 13.4. The van der Waals surface area contributed by atoms with Gasteiger partial charge in [-0.15, -0.1) is 0 Å². The molecule has 0 aliphatic carbocycles. The van der Waals surface area contributed by atoms with Crippen molar-refractivity contribution in [2.45, 2.75) is 33.7 Å². The Morgan fingerprint density at radius 3 is 2.45 bits per heavy atom. The van der Waals surface area contributed by atoms with Gasteiger partial charge in [0.1, 0.15) is 5.69 Å². The Labute approximate surface area is 223 Å². The Morgan fingerprint density at radius 1 is 0.868 bits per heavy atom. The quantitative estimate of drug-likeness (QED) is 0.279. The fraction of sp³-hybridized carbons (Fsp3) is 0.367. The monoisotopic (exact) mass is 508 g/mol. The number of hydrogen-bond acceptors (Lipinski definition) is 6. The van der Waals surface area contributed by atoms with Crippen LogP contribution in [0.4, 0.5) is 11.4 Å². The Bertz CT molecular complexity index is 1580. The van der Waals surface area contributed by atoms with Crippen LogP contribution in [0.25, 0.3) is 44.3 Å². The van der Waals surface area contributed by atoms with Gasteiger partial charge in [0.2, 0.25) is 0 Å². The molecule has 196 valence electrons. The van der Waals surface area contributed by atoms with Gasteiger partial charge in [0.05, 0.1) is 40.5 Å². The molecule has 1 fully saturated rings. The summed E-state index contributed by atoms with van der Waals surface area (Å²) in [5.41, 5.74) is 8.46. The third kappa shape index (κ3) is 4.60. The molecule has 38 heavy (non-hydrogen) atoms. The maximum absolute atomic E-state index is 4.71. The molecule has 4 aromatic heterocycles. The summed E-state index contributed by atoms with van der Waals surface area (Å²) in [6, 6.07) is 11.1. The predicted octanol–water partition coefficient (Wildman–Crippen LogP) is 5.77. The van der Waals surface area contributed by atoms with E-state index in [0.29, 0.717) is 6.04 Å². The van der Waals surface area contributed by atoms with E-state index in [2.05, 4.69) is 100 Å². The topological polar surface area (TPSA) is 88.8 Å². The van der Waals surface area contributed by atoms with Gasteiger partial charge in [-0.25, -0.2) is 0 Å². The Balaban J connectivity index is 1.35. The number of aromatic nitrogens is 5. The van der Waals surface area contributed by atoms with Gasteiger partial charge in [-0.2, -0.15) is 5.10 Å². The molecule has 5 heterocycles. The minimum absolute atomic E-state index is 0.153. The van der Waals surface area contributed by atoms with Gasteiger partial charge < -0.3 is 20.1 Å². The number of fused-ring (bicyclic) bond motifs is 2. The Kier molecular flexibility index (Phi) is 6.07. The summed E-state index contributed by atoms with van der Waals surface area (Å²) in [6.07, 6.45) is 7.71. The number of anilines is 2. The molecule has 0 spiro atoms. The molecule has 8 heteroatoms. The summed E-state index contributed by atoms with van der Waals surface area (Å²) in [5.74, 6) is 0. The maximum Gasteiger partial charge on any atom is 0.116 e. The molecule has 0 saturated carbocycles. The molecule has 1 aliphatic heterocycles. The zero-order valence-electron chi connectivity index (χ0n) is 22.8. The normalized spacial score (nSPS) is 15.9. The number of piperazine rings is 1. The Hall–Kier alpha value is -3.91. The summed E-state index contributed by atoms with van der Waals surface area (Å²) in [6.45, 7) is 13.1. The van der Waals surface area contributed by atoms with E-state index in [1.807, 2.05) is 24.8 Å². The molecule has 1 aliphatic rings. The SMILES string of the molecule is CC(Nc1cncc(-c2ccc3[nH]nc(-c4cc5c(N6CCN(C)CC6)cncc5[nH]4)c3c2)c1)C(C)(C)C. The number of H-pyrrole nitrogens is 2. The van der Waals surface area contributed by atoms with Crippen LogP contribution in [0.3, 0.4) is 0 Å². The smallest absolute Gasteiger partial charge is 0.116 e. The van der Waals surface area contributed by atoms with E-state index in [9.17, 15) is 0 Å². The molecule has 0 bridgehead atoms. The van der Waals surface area contributed by atoms with Crippen molar-refractivity contribution in [1.29, 1.82) is 0 Å². The van der Waals surface area contributed by atoms with E-state index in [-0.39, 0.29) is 5.41 Å². The zero-order chi connectivity index (χ0) is 26.4. The van der Waals surface area contributed by atoms with Crippen LogP contribution in [-0.4, -0.2) is 69.3 Å². The lowest BCUT2D eigenvalue weighted by Crippen LogP contribution is -2.44. The lowest BCUT2D eigenvalue weighted by Gasteiger charge is -2.34. The van der Waals surface area contributed by atoms with Gasteiger partial charge in [-0.05, 0) is 49.2 Å². The number of hydrogen-bond donors (Lipinski definition) is 3. The third-order valence-electron chi connectivity index (χ3n) is 7.94. The second kappa shape index (κ2) is 9.44. The summed E-state index contributed by atoms with van der Waals surface area (Å²) >= 11 is 0. The highest BCUT2D eigenvalue weighted by Crippen LogP contribution is 2.35. The fourth-order valence-corrected chi connectivity index (χ4v) is 5.01. The van der Waals surface area contributed by atoms with E-state index in [1.165, 1.54) is 11.1 Å². The van der Waals surface area contributed by atoms with Crippen LogP contribution in [0.2, 0.25) is 0 Å². The van der Waals surface area contributed by atoms with Crippen molar-refractivity contribution in [2.75, 3.05) is 43.4 Å². The molecule has 8 nitrogen and oxygen atoms in total. The molecule has 1 aromatic carbocycles. The molecule has 5 aromatic rings. The van der Waals surface area contributed by atoms with Crippen molar-refractivity contribution in [2.24, 2.45) is 5.41 Å². The second-order valence-electron chi connectivity index (χ2n) is 11.6. The van der Waals surface area contributed by atoms with Crippen LogP contribution in [0.15, 0.2) is 55.1 Å². The minimum Gasteiger partial charge on any atom is -0.381 e. The summed E-state index contributed by atoms with van der Waals surface area (Å²) in [4.78, 5) is 17.4. The van der Waals surface area contributed by atoms with Crippen molar-refractivity contribution < 1.29 is 0 Å². The molecule has 1 saturated heterocycles. The Morgan fingerprint density at radius 2 is 1.66 bits per heavy atom. The average Bonchev–Trinajstić information content (AvgIpc) is 3.52. The van der Waals surface area contributed by atoms with E-state index in [1.54, 1.807) is 0 Å². The molecule has 0 radical (unpaired) electrons. The van der Waals surface area contributed by atoms with E-state index >= 15 is 0 Å². The molecule has 6 rings (SSSR count). The van der Waals surface area contributed by atoms with E-state index in [4.69, 9.17) is 5.10 Å². The number of nitrogens with one attached hydrogen (secondary N) is 3. The maximum atomic E-state index is 4.71.